The van der Waals surface area contributed by atoms with E-state index in [4.69, 9.17) is 12.2 Å². The van der Waals surface area contributed by atoms with E-state index in [9.17, 15) is 10.2 Å². The molecule has 0 atom stereocenters. The summed E-state index contributed by atoms with van der Waals surface area (Å²) in [6.45, 7) is 2.25. The highest BCUT2D eigenvalue weighted by Gasteiger charge is 2.13. The molecule has 0 bridgehead atoms. The number of imidazole rings is 1. The van der Waals surface area contributed by atoms with E-state index in [0.29, 0.717) is 10.6 Å². The van der Waals surface area contributed by atoms with Crippen LogP contribution in [-0.2, 0) is 6.42 Å². The fraction of sp³-hybridized carbons (Fsp3) is 0.524. The highest BCUT2D eigenvalue weighted by molar-refractivity contribution is 7.80. The van der Waals surface area contributed by atoms with Crippen LogP contribution in [0, 0.1) is 0 Å². The maximum Gasteiger partial charge on any atom is 0.129 e. The number of hydrogen-bond donors (Lipinski definition) is 2. The van der Waals surface area contributed by atoms with Gasteiger partial charge >= 0.3 is 0 Å². The van der Waals surface area contributed by atoms with Crippen LogP contribution in [0.15, 0.2) is 30.6 Å². The molecular formula is C21H30N2O2S. The minimum absolute atomic E-state index is 0.0160. The number of hydrogen-bond acceptors (Lipinski definition) is 4. The van der Waals surface area contributed by atoms with Crippen LogP contribution in [-0.4, -0.2) is 24.8 Å². The van der Waals surface area contributed by atoms with E-state index in [2.05, 4.69) is 11.9 Å². The fourth-order valence-corrected chi connectivity index (χ4v) is 3.47. The Morgan fingerprint density at radius 1 is 1.00 bits per heavy atom. The Labute approximate surface area is 161 Å². The summed E-state index contributed by atoms with van der Waals surface area (Å²) in [4.78, 5) is 4.93. The third kappa shape index (κ3) is 6.13. The van der Waals surface area contributed by atoms with E-state index in [-0.39, 0.29) is 11.5 Å². The highest BCUT2D eigenvalue weighted by Crippen LogP contribution is 2.24. The van der Waals surface area contributed by atoms with Gasteiger partial charge in [0.2, 0.25) is 0 Å². The molecule has 26 heavy (non-hydrogen) atoms. The average Bonchev–Trinajstić information content (AvgIpc) is 3.08. The van der Waals surface area contributed by atoms with Gasteiger partial charge < -0.3 is 10.2 Å². The number of thiocarbonyl (C=S) groups is 1. The Hall–Kier alpha value is -1.88. The van der Waals surface area contributed by atoms with Crippen LogP contribution in [0.2, 0.25) is 0 Å². The first-order chi connectivity index (χ1) is 12.6. The van der Waals surface area contributed by atoms with Gasteiger partial charge in [-0.2, -0.15) is 0 Å². The Kier molecular flexibility index (Phi) is 8.62. The second kappa shape index (κ2) is 11.0. The van der Waals surface area contributed by atoms with Gasteiger partial charge in [-0.3, -0.25) is 4.57 Å². The Morgan fingerprint density at radius 3 is 2.31 bits per heavy atom. The molecule has 0 fully saturated rings. The molecule has 0 saturated heterocycles. The van der Waals surface area contributed by atoms with E-state index >= 15 is 0 Å². The predicted molar refractivity (Wildman–Crippen MR) is 110 cm³/mol. The lowest BCUT2D eigenvalue weighted by atomic mass is 10.1. The van der Waals surface area contributed by atoms with Crippen LogP contribution in [0.5, 0.6) is 11.5 Å². The van der Waals surface area contributed by atoms with Gasteiger partial charge in [0.25, 0.3) is 0 Å². The van der Waals surface area contributed by atoms with Crippen molar-refractivity contribution in [1.82, 2.24) is 9.55 Å². The molecule has 1 aromatic carbocycles. The van der Waals surface area contributed by atoms with E-state index in [1.165, 1.54) is 63.5 Å². The quantitative estimate of drug-likeness (QED) is 0.397. The van der Waals surface area contributed by atoms with Crippen molar-refractivity contribution in [3.8, 4) is 11.5 Å². The molecule has 2 rings (SSSR count). The summed E-state index contributed by atoms with van der Waals surface area (Å²) in [5.41, 5.74) is 0.532. The number of phenols is 2. The molecule has 0 radical (unpaired) electrons. The molecule has 1 heterocycles. The maximum atomic E-state index is 10.0. The van der Waals surface area contributed by atoms with E-state index in [1.54, 1.807) is 12.3 Å². The Balaban J connectivity index is 1.78. The van der Waals surface area contributed by atoms with Crippen molar-refractivity contribution >= 4 is 17.2 Å². The minimum Gasteiger partial charge on any atom is -0.508 e. The molecule has 142 valence electrons. The summed E-state index contributed by atoms with van der Waals surface area (Å²) in [7, 11) is 0. The number of phenolic OH excluding ortho intramolecular Hbond substituents is 2. The lowest BCUT2D eigenvalue weighted by Gasteiger charge is -2.11. The lowest BCUT2D eigenvalue weighted by Crippen LogP contribution is -2.13. The highest BCUT2D eigenvalue weighted by atomic mass is 32.1. The minimum atomic E-state index is -0.0160. The first-order valence-electron chi connectivity index (χ1n) is 9.72. The van der Waals surface area contributed by atoms with Crippen LogP contribution in [0.3, 0.4) is 0 Å². The second-order valence-electron chi connectivity index (χ2n) is 6.80. The van der Waals surface area contributed by atoms with E-state index < -0.39 is 0 Å². The summed E-state index contributed by atoms with van der Waals surface area (Å²) in [6.07, 6.45) is 16.1. The molecule has 0 aliphatic heterocycles. The van der Waals surface area contributed by atoms with Crippen LogP contribution in [0.25, 0.3) is 0 Å². The van der Waals surface area contributed by atoms with Gasteiger partial charge in [0.05, 0.1) is 5.56 Å². The topological polar surface area (TPSA) is 58.3 Å². The number of aromatic nitrogens is 2. The van der Waals surface area contributed by atoms with Gasteiger partial charge in [0.1, 0.15) is 22.3 Å². The third-order valence-corrected chi connectivity index (χ3v) is 5.07. The SMILES string of the molecule is CCCCCCCCCCCc1nccn1C(=S)c1ccc(O)cc1O. The molecule has 2 N–H and O–H groups in total. The van der Waals surface area contributed by atoms with Gasteiger partial charge in [0.15, 0.2) is 0 Å². The smallest absolute Gasteiger partial charge is 0.129 e. The summed E-state index contributed by atoms with van der Waals surface area (Å²) in [5, 5.41) is 19.5. The molecule has 0 aliphatic carbocycles. The number of aromatic hydroxyl groups is 2. The zero-order valence-electron chi connectivity index (χ0n) is 15.7. The molecule has 0 spiro atoms. The third-order valence-electron chi connectivity index (χ3n) is 4.65. The molecule has 2 aromatic rings. The second-order valence-corrected chi connectivity index (χ2v) is 7.19. The van der Waals surface area contributed by atoms with Crippen LogP contribution in [0.1, 0.15) is 76.1 Å². The Bertz CT molecular complexity index is 697. The molecule has 0 unspecified atom stereocenters. The van der Waals surface area contributed by atoms with Crippen molar-refractivity contribution in [1.29, 1.82) is 0 Å². The van der Waals surface area contributed by atoms with Gasteiger partial charge in [-0.15, -0.1) is 0 Å². The zero-order chi connectivity index (χ0) is 18.8. The van der Waals surface area contributed by atoms with Gasteiger partial charge in [-0.25, -0.2) is 4.98 Å². The Morgan fingerprint density at radius 2 is 1.65 bits per heavy atom. The molecule has 0 amide bonds. The number of aryl methyl sites for hydroxylation is 1. The van der Waals surface area contributed by atoms with Crippen molar-refractivity contribution in [2.45, 2.75) is 71.1 Å². The van der Waals surface area contributed by atoms with Gasteiger partial charge in [-0.1, -0.05) is 70.5 Å². The number of rotatable bonds is 11. The molecule has 0 saturated carbocycles. The molecule has 5 heteroatoms. The monoisotopic (exact) mass is 374 g/mol. The summed E-state index contributed by atoms with van der Waals surface area (Å²) >= 11 is 5.51. The van der Waals surface area contributed by atoms with E-state index in [0.717, 1.165) is 18.7 Å². The summed E-state index contributed by atoms with van der Waals surface area (Å²) in [6, 6.07) is 4.46. The maximum absolute atomic E-state index is 10.0. The zero-order valence-corrected chi connectivity index (χ0v) is 16.5. The predicted octanol–water partition coefficient (Wildman–Crippen LogP) is 5.59. The lowest BCUT2D eigenvalue weighted by molar-refractivity contribution is 0.450. The summed E-state index contributed by atoms with van der Waals surface area (Å²) in [5.74, 6) is 0.928. The number of benzene rings is 1. The molecule has 4 nitrogen and oxygen atoms in total. The van der Waals surface area contributed by atoms with Crippen LogP contribution >= 0.6 is 12.2 Å². The van der Waals surface area contributed by atoms with Crippen molar-refractivity contribution in [3.05, 3.63) is 42.0 Å². The van der Waals surface area contributed by atoms with Crippen LogP contribution in [0.4, 0.5) is 0 Å². The fourth-order valence-electron chi connectivity index (χ4n) is 3.13. The first-order valence-corrected chi connectivity index (χ1v) is 10.1. The normalized spacial score (nSPS) is 11.0. The molecule has 0 aliphatic rings. The standard InChI is InChI=1S/C21H30N2O2S/c1-2-3-4-5-6-7-8-9-10-11-20-22-14-15-23(20)21(26)18-13-12-17(24)16-19(18)25/h12-16,24-25H,2-11H2,1H3. The first kappa shape index (κ1) is 20.4. The van der Waals surface area contributed by atoms with Gasteiger partial charge in [-0.05, 0) is 18.6 Å². The summed E-state index contributed by atoms with van der Waals surface area (Å²) < 4.78 is 1.85. The van der Waals surface area contributed by atoms with Crippen molar-refractivity contribution < 1.29 is 10.2 Å². The van der Waals surface area contributed by atoms with Gasteiger partial charge in [0, 0.05) is 24.9 Å². The van der Waals surface area contributed by atoms with Crippen molar-refractivity contribution in [2.24, 2.45) is 0 Å². The molecule has 1 aromatic heterocycles. The molecular weight excluding hydrogens is 344 g/mol. The van der Waals surface area contributed by atoms with Crippen molar-refractivity contribution in [3.63, 3.8) is 0 Å². The van der Waals surface area contributed by atoms with E-state index in [1.807, 2.05) is 10.8 Å². The largest absolute Gasteiger partial charge is 0.508 e. The van der Waals surface area contributed by atoms with Crippen LogP contribution < -0.4 is 0 Å². The van der Waals surface area contributed by atoms with Crippen molar-refractivity contribution in [2.75, 3.05) is 0 Å². The number of nitrogens with zero attached hydrogens (tertiary/aromatic N) is 2. The number of unbranched alkanes of at least 4 members (excludes halogenated alkanes) is 8. The average molecular weight is 375 g/mol.